The van der Waals surface area contributed by atoms with Crippen LogP contribution in [0.5, 0.6) is 5.75 Å². The molecule has 1 aromatic carbocycles. The summed E-state index contributed by atoms with van der Waals surface area (Å²) in [6, 6.07) is 12.1. The predicted octanol–water partition coefficient (Wildman–Crippen LogP) is 6.19. The lowest BCUT2D eigenvalue weighted by Gasteiger charge is -2.02. The van der Waals surface area contributed by atoms with Crippen molar-refractivity contribution >= 4 is 17.3 Å². The third-order valence-electron chi connectivity index (χ3n) is 3.58. The molecular formula is C21H24O2S. The molecule has 3 heteroatoms. The van der Waals surface area contributed by atoms with Crippen LogP contribution in [-0.2, 0) is 11.2 Å². The number of aryl methyl sites for hydroxylation is 1. The fourth-order valence-electron chi connectivity index (χ4n) is 2.30. The molecule has 0 aliphatic carbocycles. The van der Waals surface area contributed by atoms with Gasteiger partial charge in [-0.1, -0.05) is 38.0 Å². The molecule has 0 aliphatic rings. The highest BCUT2D eigenvalue weighted by Gasteiger charge is 2.05. The molecule has 1 heterocycles. The second-order valence-corrected chi connectivity index (χ2v) is 6.72. The van der Waals surface area contributed by atoms with Crippen molar-refractivity contribution in [3.05, 3.63) is 65.6 Å². The van der Waals surface area contributed by atoms with Crippen LogP contribution in [-0.4, -0.2) is 5.97 Å². The molecule has 0 spiro atoms. The van der Waals surface area contributed by atoms with E-state index in [9.17, 15) is 4.79 Å². The number of carbonyl (C=O) groups excluding carboxylic acids is 1. The van der Waals surface area contributed by atoms with Crippen LogP contribution in [0, 0.1) is 0 Å². The summed E-state index contributed by atoms with van der Waals surface area (Å²) in [5.41, 5.74) is 1.16. The molecule has 1 aromatic heterocycles. The van der Waals surface area contributed by atoms with Gasteiger partial charge in [0.2, 0.25) is 0 Å². The van der Waals surface area contributed by atoms with Gasteiger partial charge in [-0.15, -0.1) is 11.3 Å². The number of esters is 1. The van der Waals surface area contributed by atoms with E-state index in [1.54, 1.807) is 12.2 Å². The maximum absolute atomic E-state index is 11.6. The Morgan fingerprint density at radius 1 is 1.08 bits per heavy atom. The Labute approximate surface area is 148 Å². The van der Waals surface area contributed by atoms with Crippen molar-refractivity contribution in [3.63, 3.8) is 0 Å². The maximum atomic E-state index is 11.6. The molecule has 0 aliphatic heterocycles. The highest BCUT2D eigenvalue weighted by atomic mass is 32.1. The minimum Gasteiger partial charge on any atom is -0.423 e. The van der Waals surface area contributed by atoms with E-state index in [0.29, 0.717) is 5.75 Å². The lowest BCUT2D eigenvalue weighted by molar-refractivity contribution is -0.128. The molecule has 0 N–H and O–H groups in total. The average molecular weight is 340 g/mol. The van der Waals surface area contributed by atoms with Crippen molar-refractivity contribution in [2.45, 2.75) is 39.5 Å². The van der Waals surface area contributed by atoms with Crippen LogP contribution >= 0.6 is 11.3 Å². The quantitative estimate of drug-likeness (QED) is 0.188. The van der Waals surface area contributed by atoms with Crippen molar-refractivity contribution in [2.75, 3.05) is 0 Å². The zero-order valence-corrected chi connectivity index (χ0v) is 15.1. The number of ether oxygens (including phenoxy) is 1. The van der Waals surface area contributed by atoms with E-state index < -0.39 is 0 Å². The molecule has 2 aromatic rings. The normalized spacial score (nSPS) is 11.4. The minimum atomic E-state index is -0.366. The average Bonchev–Trinajstić information content (AvgIpc) is 3.05. The zero-order valence-electron chi connectivity index (χ0n) is 14.3. The van der Waals surface area contributed by atoms with Gasteiger partial charge in [0.15, 0.2) is 0 Å². The first kappa shape index (κ1) is 18.2. The molecule has 0 fully saturated rings. The second kappa shape index (κ2) is 9.89. The molecule has 0 amide bonds. The van der Waals surface area contributed by atoms with Crippen molar-refractivity contribution in [1.29, 1.82) is 0 Å². The van der Waals surface area contributed by atoms with Crippen molar-refractivity contribution in [3.8, 4) is 16.2 Å². The molecule has 126 valence electrons. The molecule has 0 unspecified atom stereocenters. The summed E-state index contributed by atoms with van der Waals surface area (Å²) >= 11 is 1.84. The molecule has 0 saturated carbocycles. The number of benzene rings is 1. The van der Waals surface area contributed by atoms with E-state index in [0.717, 1.165) is 12.0 Å². The van der Waals surface area contributed by atoms with Crippen LogP contribution < -0.4 is 4.74 Å². The molecular weight excluding hydrogens is 316 g/mol. The Kier molecular flexibility index (Phi) is 7.50. The molecule has 0 saturated heterocycles. The maximum Gasteiger partial charge on any atom is 0.336 e. The zero-order chi connectivity index (χ0) is 17.2. The smallest absolute Gasteiger partial charge is 0.336 e. The van der Waals surface area contributed by atoms with Crippen LogP contribution in [0.2, 0.25) is 0 Å². The Morgan fingerprint density at radius 2 is 1.88 bits per heavy atom. The van der Waals surface area contributed by atoms with Gasteiger partial charge in [0.25, 0.3) is 0 Å². The summed E-state index contributed by atoms with van der Waals surface area (Å²) in [5, 5.41) is 0. The third-order valence-corrected chi connectivity index (χ3v) is 4.78. The summed E-state index contributed by atoms with van der Waals surface area (Å²) in [6.07, 6.45) is 11.7. The first-order valence-corrected chi connectivity index (χ1v) is 9.25. The monoisotopic (exact) mass is 340 g/mol. The Morgan fingerprint density at radius 3 is 2.58 bits per heavy atom. The number of hydrogen-bond donors (Lipinski definition) is 0. The lowest BCUT2D eigenvalue weighted by atomic mass is 10.1. The lowest BCUT2D eigenvalue weighted by Crippen LogP contribution is -2.03. The van der Waals surface area contributed by atoms with Gasteiger partial charge in [-0.2, -0.15) is 0 Å². The highest BCUT2D eigenvalue weighted by molar-refractivity contribution is 7.15. The molecule has 2 rings (SSSR count). The number of rotatable bonds is 8. The Balaban J connectivity index is 1.95. The van der Waals surface area contributed by atoms with Crippen molar-refractivity contribution < 1.29 is 9.53 Å². The fraction of sp³-hybridized carbons (Fsp3) is 0.286. The molecule has 24 heavy (non-hydrogen) atoms. The predicted molar refractivity (Wildman–Crippen MR) is 103 cm³/mol. The number of carbonyl (C=O) groups is 1. The number of unbranched alkanes of at least 4 members (excludes halogenated alkanes) is 2. The van der Waals surface area contributed by atoms with Gasteiger partial charge in [-0.3, -0.25) is 0 Å². The standard InChI is InChI=1S/C21H24O2S/c1-3-5-7-9-19-15-16-20(24-19)17-11-13-18(14-12-17)23-21(22)10-8-6-4-2/h4,6,8,10-16H,3,5,7,9H2,1-2H3. The SMILES string of the molecule is CC=CC=CC(=O)Oc1ccc(-c2ccc(CCCCC)s2)cc1. The van der Waals surface area contributed by atoms with Gasteiger partial charge in [-0.05, 0) is 61.7 Å². The Bertz CT molecular complexity index is 693. The number of allylic oxidation sites excluding steroid dienone is 3. The Hall–Kier alpha value is -2.13. The van der Waals surface area contributed by atoms with Gasteiger partial charge >= 0.3 is 5.97 Å². The largest absolute Gasteiger partial charge is 0.423 e. The van der Waals surface area contributed by atoms with E-state index in [1.807, 2.05) is 48.6 Å². The van der Waals surface area contributed by atoms with Crippen LogP contribution in [0.15, 0.2) is 60.7 Å². The van der Waals surface area contributed by atoms with E-state index in [1.165, 1.54) is 35.1 Å². The second-order valence-electron chi connectivity index (χ2n) is 5.55. The fourth-order valence-corrected chi connectivity index (χ4v) is 3.35. The number of thiophene rings is 1. The topological polar surface area (TPSA) is 26.3 Å². The van der Waals surface area contributed by atoms with Gasteiger partial charge < -0.3 is 4.74 Å². The van der Waals surface area contributed by atoms with Crippen molar-refractivity contribution in [2.24, 2.45) is 0 Å². The van der Waals surface area contributed by atoms with Crippen molar-refractivity contribution in [1.82, 2.24) is 0 Å². The van der Waals surface area contributed by atoms with E-state index in [4.69, 9.17) is 4.74 Å². The summed E-state index contributed by atoms with van der Waals surface area (Å²) in [4.78, 5) is 14.3. The molecule has 2 nitrogen and oxygen atoms in total. The molecule has 0 atom stereocenters. The van der Waals surface area contributed by atoms with Gasteiger partial charge in [0.05, 0.1) is 0 Å². The van der Waals surface area contributed by atoms with E-state index in [2.05, 4.69) is 19.1 Å². The van der Waals surface area contributed by atoms with Gasteiger partial charge in [-0.25, -0.2) is 4.79 Å². The van der Waals surface area contributed by atoms with Crippen LogP contribution in [0.3, 0.4) is 0 Å². The molecule has 0 radical (unpaired) electrons. The minimum absolute atomic E-state index is 0.366. The van der Waals surface area contributed by atoms with Crippen LogP contribution in [0.4, 0.5) is 0 Å². The highest BCUT2D eigenvalue weighted by Crippen LogP contribution is 2.30. The van der Waals surface area contributed by atoms with E-state index >= 15 is 0 Å². The van der Waals surface area contributed by atoms with E-state index in [-0.39, 0.29) is 5.97 Å². The van der Waals surface area contributed by atoms with Gasteiger partial charge in [0.1, 0.15) is 5.75 Å². The molecule has 0 bridgehead atoms. The van der Waals surface area contributed by atoms with Crippen LogP contribution in [0.1, 0.15) is 38.0 Å². The first-order valence-electron chi connectivity index (χ1n) is 8.43. The van der Waals surface area contributed by atoms with Crippen LogP contribution in [0.25, 0.3) is 10.4 Å². The summed E-state index contributed by atoms with van der Waals surface area (Å²) in [6.45, 7) is 4.12. The third kappa shape index (κ3) is 5.82. The number of hydrogen-bond acceptors (Lipinski definition) is 3. The summed E-state index contributed by atoms with van der Waals surface area (Å²) in [5.74, 6) is 0.198. The first-order chi connectivity index (χ1) is 11.7. The summed E-state index contributed by atoms with van der Waals surface area (Å²) in [7, 11) is 0. The van der Waals surface area contributed by atoms with Gasteiger partial charge in [0, 0.05) is 15.8 Å². The summed E-state index contributed by atoms with van der Waals surface area (Å²) < 4.78 is 5.27.